The van der Waals surface area contributed by atoms with Gasteiger partial charge in [0, 0.05) is 10.9 Å². The summed E-state index contributed by atoms with van der Waals surface area (Å²) in [5.74, 6) is 0.176. The minimum atomic E-state index is -0.0976. The van der Waals surface area contributed by atoms with Crippen LogP contribution in [-0.2, 0) is 4.79 Å². The maximum absolute atomic E-state index is 11.9. The van der Waals surface area contributed by atoms with E-state index in [1.807, 2.05) is 24.4 Å². The van der Waals surface area contributed by atoms with Crippen LogP contribution >= 0.6 is 23.1 Å². The zero-order valence-corrected chi connectivity index (χ0v) is 15.9. The van der Waals surface area contributed by atoms with Crippen molar-refractivity contribution >= 4 is 34.1 Å². The predicted molar refractivity (Wildman–Crippen MR) is 103 cm³/mol. The maximum atomic E-state index is 11.9. The van der Waals surface area contributed by atoms with Crippen LogP contribution in [0.15, 0.2) is 40.7 Å². The lowest BCUT2D eigenvalue weighted by atomic mass is 10.0. The SMILES string of the molecule is Cc1ccc(-c2ccc(SCC(=O)Nc3nc(C)cs3)nn2)c(C)c1. The summed E-state index contributed by atoms with van der Waals surface area (Å²) in [7, 11) is 0. The molecule has 5 nitrogen and oxygen atoms in total. The van der Waals surface area contributed by atoms with Crippen LogP contribution in [0.2, 0.25) is 0 Å². The van der Waals surface area contributed by atoms with Crippen LogP contribution in [0.1, 0.15) is 16.8 Å². The molecule has 0 unspecified atom stereocenters. The Balaban J connectivity index is 1.60. The molecule has 0 radical (unpaired) electrons. The number of hydrogen-bond donors (Lipinski definition) is 1. The number of nitrogens with one attached hydrogen (secondary N) is 1. The fourth-order valence-corrected chi connectivity index (χ4v) is 3.67. The molecule has 0 aliphatic heterocycles. The van der Waals surface area contributed by atoms with Crippen molar-refractivity contribution in [1.29, 1.82) is 0 Å². The second-order valence-electron chi connectivity index (χ2n) is 5.71. The number of thioether (sulfide) groups is 1. The molecule has 3 aromatic rings. The summed E-state index contributed by atoms with van der Waals surface area (Å²) >= 11 is 2.78. The Morgan fingerprint density at radius 2 is 2.00 bits per heavy atom. The van der Waals surface area contributed by atoms with Gasteiger partial charge in [-0.3, -0.25) is 4.79 Å². The maximum Gasteiger partial charge on any atom is 0.236 e. The van der Waals surface area contributed by atoms with Crippen LogP contribution in [0.25, 0.3) is 11.3 Å². The van der Waals surface area contributed by atoms with Crippen LogP contribution in [0.3, 0.4) is 0 Å². The standard InChI is InChI=1S/C18H18N4OS2/c1-11-4-5-14(12(2)8-11)15-6-7-17(22-21-15)24-10-16(23)20-18-19-13(3)9-25-18/h4-9H,10H2,1-3H3,(H,19,20,23). The molecule has 0 saturated heterocycles. The number of thiazole rings is 1. The molecule has 0 bridgehead atoms. The molecule has 0 fully saturated rings. The van der Waals surface area contributed by atoms with Gasteiger partial charge in [-0.15, -0.1) is 21.5 Å². The molecule has 0 atom stereocenters. The highest BCUT2D eigenvalue weighted by atomic mass is 32.2. The number of benzene rings is 1. The Morgan fingerprint density at radius 3 is 2.64 bits per heavy atom. The van der Waals surface area contributed by atoms with Crippen molar-refractivity contribution < 1.29 is 4.79 Å². The number of carbonyl (C=O) groups excluding carboxylic acids is 1. The van der Waals surface area contributed by atoms with Gasteiger partial charge < -0.3 is 5.32 Å². The average molecular weight is 371 g/mol. The van der Waals surface area contributed by atoms with Crippen LogP contribution in [-0.4, -0.2) is 26.8 Å². The molecule has 3 rings (SSSR count). The summed E-state index contributed by atoms with van der Waals surface area (Å²) in [5.41, 5.74) is 5.22. The van der Waals surface area contributed by atoms with E-state index in [-0.39, 0.29) is 11.7 Å². The highest BCUT2D eigenvalue weighted by molar-refractivity contribution is 7.99. The van der Waals surface area contributed by atoms with Gasteiger partial charge in [0.05, 0.1) is 17.1 Å². The van der Waals surface area contributed by atoms with Gasteiger partial charge in [-0.1, -0.05) is 35.5 Å². The van der Waals surface area contributed by atoms with Gasteiger partial charge in [-0.2, -0.15) is 0 Å². The third-order valence-electron chi connectivity index (χ3n) is 3.51. The van der Waals surface area contributed by atoms with E-state index in [0.717, 1.165) is 22.0 Å². The van der Waals surface area contributed by atoms with Crippen molar-refractivity contribution in [3.05, 3.63) is 52.5 Å². The third kappa shape index (κ3) is 4.64. The minimum Gasteiger partial charge on any atom is -0.301 e. The molecule has 2 heterocycles. The minimum absolute atomic E-state index is 0.0976. The van der Waals surface area contributed by atoms with Gasteiger partial charge >= 0.3 is 0 Å². The highest BCUT2D eigenvalue weighted by Gasteiger charge is 2.09. The van der Waals surface area contributed by atoms with E-state index in [1.165, 1.54) is 34.2 Å². The fourth-order valence-electron chi connectivity index (χ4n) is 2.35. The number of hydrogen-bond acceptors (Lipinski definition) is 6. The number of amides is 1. The first kappa shape index (κ1) is 17.6. The molecule has 0 aliphatic carbocycles. The Labute approximate surface area is 154 Å². The molecule has 1 amide bonds. The summed E-state index contributed by atoms with van der Waals surface area (Å²) in [4.78, 5) is 16.2. The molecule has 0 spiro atoms. The largest absolute Gasteiger partial charge is 0.301 e. The predicted octanol–water partition coefficient (Wildman–Crippen LogP) is 4.26. The van der Waals surface area contributed by atoms with Crippen molar-refractivity contribution in [1.82, 2.24) is 15.2 Å². The summed E-state index contributed by atoms with van der Waals surface area (Å²) in [5, 5.41) is 14.5. The second kappa shape index (κ2) is 7.76. The van der Waals surface area contributed by atoms with Crippen molar-refractivity contribution in [2.24, 2.45) is 0 Å². The van der Waals surface area contributed by atoms with E-state index in [4.69, 9.17) is 0 Å². The topological polar surface area (TPSA) is 67.8 Å². The molecular formula is C18H18N4OS2. The summed E-state index contributed by atoms with van der Waals surface area (Å²) in [6.45, 7) is 6.03. The Bertz CT molecular complexity index is 890. The molecule has 1 aromatic carbocycles. The van der Waals surface area contributed by atoms with Gasteiger partial charge in [0.15, 0.2) is 5.13 Å². The van der Waals surface area contributed by atoms with E-state index in [2.05, 4.69) is 52.5 Å². The number of rotatable bonds is 5. The summed E-state index contributed by atoms with van der Waals surface area (Å²) in [6, 6.07) is 10.1. The van der Waals surface area contributed by atoms with Crippen molar-refractivity contribution in [2.45, 2.75) is 25.8 Å². The van der Waals surface area contributed by atoms with Gasteiger partial charge in [0.1, 0.15) is 5.03 Å². The van der Waals surface area contributed by atoms with Gasteiger partial charge in [-0.25, -0.2) is 4.98 Å². The first-order valence-electron chi connectivity index (χ1n) is 7.77. The number of aromatic nitrogens is 3. The van der Waals surface area contributed by atoms with Crippen LogP contribution in [0.4, 0.5) is 5.13 Å². The Hall–Kier alpha value is -2.25. The molecule has 0 saturated carbocycles. The zero-order valence-electron chi connectivity index (χ0n) is 14.2. The van der Waals surface area contributed by atoms with Gasteiger partial charge in [-0.05, 0) is 38.5 Å². The van der Waals surface area contributed by atoms with Gasteiger partial charge in [0.2, 0.25) is 5.91 Å². The smallest absolute Gasteiger partial charge is 0.236 e. The van der Waals surface area contributed by atoms with Crippen molar-refractivity contribution in [3.8, 4) is 11.3 Å². The first-order chi connectivity index (χ1) is 12.0. The van der Waals surface area contributed by atoms with Crippen LogP contribution in [0.5, 0.6) is 0 Å². The van der Waals surface area contributed by atoms with E-state index in [0.29, 0.717) is 5.13 Å². The van der Waals surface area contributed by atoms with Crippen LogP contribution in [0, 0.1) is 20.8 Å². The van der Waals surface area contributed by atoms with E-state index >= 15 is 0 Å². The second-order valence-corrected chi connectivity index (χ2v) is 7.56. The first-order valence-corrected chi connectivity index (χ1v) is 9.64. The molecule has 128 valence electrons. The quantitative estimate of drug-likeness (QED) is 0.680. The molecule has 0 aliphatic rings. The lowest BCUT2D eigenvalue weighted by Gasteiger charge is -2.06. The lowest BCUT2D eigenvalue weighted by molar-refractivity contribution is -0.113. The molecule has 7 heteroatoms. The van der Waals surface area contributed by atoms with E-state index in [1.54, 1.807) is 0 Å². The zero-order chi connectivity index (χ0) is 17.8. The summed E-state index contributed by atoms with van der Waals surface area (Å²) in [6.07, 6.45) is 0. The number of carbonyl (C=O) groups is 1. The number of nitrogens with zero attached hydrogens (tertiary/aromatic N) is 3. The normalized spacial score (nSPS) is 10.7. The fraction of sp³-hybridized carbons (Fsp3) is 0.222. The van der Waals surface area contributed by atoms with Gasteiger partial charge in [0.25, 0.3) is 0 Å². The monoisotopic (exact) mass is 370 g/mol. The lowest BCUT2D eigenvalue weighted by Crippen LogP contribution is -2.14. The van der Waals surface area contributed by atoms with Crippen LogP contribution < -0.4 is 5.32 Å². The molecule has 1 N–H and O–H groups in total. The Kier molecular flexibility index (Phi) is 5.45. The number of aryl methyl sites for hydroxylation is 3. The van der Waals surface area contributed by atoms with E-state index < -0.39 is 0 Å². The third-order valence-corrected chi connectivity index (χ3v) is 5.31. The Morgan fingerprint density at radius 1 is 1.16 bits per heavy atom. The molecular weight excluding hydrogens is 352 g/mol. The van der Waals surface area contributed by atoms with E-state index in [9.17, 15) is 4.79 Å². The average Bonchev–Trinajstić information content (AvgIpc) is 2.98. The molecule has 2 aromatic heterocycles. The van der Waals surface area contributed by atoms with Crippen molar-refractivity contribution in [3.63, 3.8) is 0 Å². The highest BCUT2D eigenvalue weighted by Crippen LogP contribution is 2.24. The number of anilines is 1. The van der Waals surface area contributed by atoms with Crippen molar-refractivity contribution in [2.75, 3.05) is 11.1 Å². The molecule has 25 heavy (non-hydrogen) atoms. The summed E-state index contributed by atoms with van der Waals surface area (Å²) < 4.78 is 0.